The molecule has 6 rings (SSSR count). The summed E-state index contributed by atoms with van der Waals surface area (Å²) in [5.74, 6) is 2.63. The molecule has 3 heterocycles. The summed E-state index contributed by atoms with van der Waals surface area (Å²) in [5.41, 5.74) is 2.54. The van der Waals surface area contributed by atoms with E-state index in [0.29, 0.717) is 46.3 Å². The number of H-pyrrole nitrogens is 1. The van der Waals surface area contributed by atoms with Crippen molar-refractivity contribution in [3.05, 3.63) is 47.4 Å². The van der Waals surface area contributed by atoms with Crippen LogP contribution in [0.1, 0.15) is 25.0 Å². The van der Waals surface area contributed by atoms with E-state index in [9.17, 15) is 13.6 Å². The molecule has 8 heteroatoms. The first-order valence-electron chi connectivity index (χ1n) is 11.7. The largest absolute Gasteiger partial charge is 0.710 e. The molecule has 174 valence electrons. The minimum atomic E-state index is -3.38. The number of aryl methyl sites for hydroxylation is 1. The van der Waals surface area contributed by atoms with Gasteiger partial charge in [-0.05, 0) is 69.0 Å². The highest BCUT2D eigenvalue weighted by Gasteiger charge is 2.55. The number of pyridine rings is 1. The number of aromatic nitrogens is 2. The zero-order chi connectivity index (χ0) is 22.9. The van der Waals surface area contributed by atoms with Crippen molar-refractivity contribution in [2.24, 2.45) is 17.8 Å². The standard InChI is InChI=1S/C25H29N3O4S/c1-15-10-19(18-8-9-26-25(18)28(15)29)20-11-17(33(30,31)16-4-3-5-16)6-7-24(20)32-14-23-21-12-27(2)13-22(21)23/h6-11,16,21-23,26H,3-5,12-14H2,1-2H3. The zero-order valence-corrected chi connectivity index (χ0v) is 19.8. The lowest BCUT2D eigenvalue weighted by Gasteiger charge is -2.25. The van der Waals surface area contributed by atoms with Crippen molar-refractivity contribution in [2.45, 2.75) is 36.3 Å². The van der Waals surface area contributed by atoms with E-state index in [-0.39, 0.29) is 5.25 Å². The van der Waals surface area contributed by atoms with Crippen LogP contribution in [-0.4, -0.2) is 50.3 Å². The molecule has 2 saturated carbocycles. The van der Waals surface area contributed by atoms with Gasteiger partial charge in [0.15, 0.2) is 9.84 Å². The lowest BCUT2D eigenvalue weighted by molar-refractivity contribution is -0.586. The Morgan fingerprint density at radius 2 is 1.91 bits per heavy atom. The van der Waals surface area contributed by atoms with Crippen LogP contribution in [0.5, 0.6) is 5.75 Å². The van der Waals surface area contributed by atoms with Crippen molar-refractivity contribution in [1.82, 2.24) is 9.88 Å². The number of fused-ring (bicyclic) bond motifs is 2. The number of nitrogens with zero attached hydrogens (tertiary/aromatic N) is 2. The average molecular weight is 468 g/mol. The number of hydrogen-bond donors (Lipinski definition) is 1. The average Bonchev–Trinajstić information content (AvgIpc) is 3.10. The summed E-state index contributed by atoms with van der Waals surface area (Å²) in [4.78, 5) is 5.72. The van der Waals surface area contributed by atoms with E-state index in [2.05, 4.69) is 16.9 Å². The van der Waals surface area contributed by atoms with Gasteiger partial charge in [0.1, 0.15) is 11.4 Å². The fourth-order valence-corrected chi connectivity index (χ4v) is 7.56. The molecular formula is C25H29N3O4S. The topological polar surface area (TPSA) is 89.3 Å². The van der Waals surface area contributed by atoms with Crippen LogP contribution in [0.4, 0.5) is 0 Å². The number of aromatic amines is 1. The van der Waals surface area contributed by atoms with Crippen LogP contribution in [0.2, 0.25) is 0 Å². The van der Waals surface area contributed by atoms with E-state index in [4.69, 9.17) is 4.74 Å². The maximum atomic E-state index is 13.2. The minimum absolute atomic E-state index is 0.298. The maximum absolute atomic E-state index is 13.2. The predicted molar refractivity (Wildman–Crippen MR) is 126 cm³/mol. The molecule has 0 amide bonds. The van der Waals surface area contributed by atoms with Gasteiger partial charge in [-0.1, -0.05) is 6.42 Å². The van der Waals surface area contributed by atoms with Crippen molar-refractivity contribution in [3.63, 3.8) is 0 Å². The smallest absolute Gasteiger partial charge is 0.290 e. The quantitative estimate of drug-likeness (QED) is 0.444. The highest BCUT2D eigenvalue weighted by molar-refractivity contribution is 7.92. The lowest BCUT2D eigenvalue weighted by Crippen LogP contribution is -2.31. The molecule has 1 aromatic carbocycles. The molecule has 1 aliphatic heterocycles. The SMILES string of the molecule is Cc1cc(-c2cc(S(=O)(=O)C3CCC3)ccc2OCC2C3CN(C)CC23)c2cc[nH]c2[n+]1[O-]. The summed E-state index contributed by atoms with van der Waals surface area (Å²) in [6, 6.07) is 8.92. The first-order chi connectivity index (χ1) is 15.8. The molecule has 7 nitrogen and oxygen atoms in total. The Labute approximate surface area is 193 Å². The van der Waals surface area contributed by atoms with Crippen molar-refractivity contribution < 1.29 is 17.9 Å². The van der Waals surface area contributed by atoms with E-state index < -0.39 is 9.84 Å². The van der Waals surface area contributed by atoms with Gasteiger partial charge >= 0.3 is 0 Å². The van der Waals surface area contributed by atoms with E-state index in [1.165, 1.54) is 0 Å². The number of rotatable bonds is 6. The first kappa shape index (κ1) is 21.0. The second-order valence-corrected chi connectivity index (χ2v) is 12.2. The Kier molecular flexibility index (Phi) is 4.75. The van der Waals surface area contributed by atoms with E-state index >= 15 is 0 Å². The number of benzene rings is 1. The third kappa shape index (κ3) is 3.34. The fraction of sp³-hybridized carbons (Fsp3) is 0.480. The number of nitrogens with one attached hydrogen (secondary N) is 1. The number of ether oxygens (including phenoxy) is 1. The number of sulfone groups is 1. The van der Waals surface area contributed by atoms with E-state index in [0.717, 1.165) is 53.6 Å². The van der Waals surface area contributed by atoms with E-state index in [1.807, 2.05) is 12.1 Å². The predicted octanol–water partition coefficient (Wildman–Crippen LogP) is 3.29. The number of hydrogen-bond acceptors (Lipinski definition) is 5. The summed E-state index contributed by atoms with van der Waals surface area (Å²) in [5, 5.41) is 13.0. The Hall–Kier alpha value is -2.58. The van der Waals surface area contributed by atoms with Crippen LogP contribution >= 0.6 is 0 Å². The summed E-state index contributed by atoms with van der Waals surface area (Å²) in [6.45, 7) is 4.63. The molecule has 2 atom stereocenters. The van der Waals surface area contributed by atoms with Gasteiger partial charge in [-0.3, -0.25) is 0 Å². The maximum Gasteiger partial charge on any atom is 0.290 e. The molecule has 0 bridgehead atoms. The highest BCUT2D eigenvalue weighted by atomic mass is 32.2. The Morgan fingerprint density at radius 1 is 1.15 bits per heavy atom. The molecule has 2 aliphatic carbocycles. The van der Waals surface area contributed by atoms with Crippen LogP contribution in [-0.2, 0) is 9.84 Å². The van der Waals surface area contributed by atoms with E-state index in [1.54, 1.807) is 31.3 Å². The van der Waals surface area contributed by atoms with Gasteiger partial charge in [-0.2, -0.15) is 0 Å². The highest BCUT2D eigenvalue weighted by Crippen LogP contribution is 2.51. The third-order valence-electron chi connectivity index (χ3n) is 7.94. The molecular weight excluding hydrogens is 438 g/mol. The molecule has 3 fully saturated rings. The van der Waals surface area contributed by atoms with Crippen molar-refractivity contribution >= 4 is 20.9 Å². The van der Waals surface area contributed by atoms with Crippen LogP contribution < -0.4 is 9.47 Å². The molecule has 33 heavy (non-hydrogen) atoms. The van der Waals surface area contributed by atoms with Crippen LogP contribution in [0.3, 0.4) is 0 Å². The number of piperidine rings is 1. The Morgan fingerprint density at radius 3 is 2.61 bits per heavy atom. The van der Waals surface area contributed by atoms with Gasteiger partial charge in [-0.15, -0.1) is 0 Å². The second kappa shape index (κ2) is 7.46. The number of likely N-dealkylation sites (tertiary alicyclic amines) is 1. The summed E-state index contributed by atoms with van der Waals surface area (Å²) in [7, 11) is -1.22. The molecule has 3 aliphatic rings. The Balaban J connectivity index is 1.41. The third-order valence-corrected chi connectivity index (χ3v) is 10.2. The van der Waals surface area contributed by atoms with Gasteiger partial charge in [-0.25, -0.2) is 18.1 Å². The molecule has 3 aromatic rings. The first-order valence-corrected chi connectivity index (χ1v) is 13.3. The van der Waals surface area contributed by atoms with Crippen molar-refractivity contribution in [1.29, 1.82) is 0 Å². The van der Waals surface area contributed by atoms with Gasteiger partial charge in [0.2, 0.25) is 0 Å². The summed E-state index contributed by atoms with van der Waals surface area (Å²) >= 11 is 0. The minimum Gasteiger partial charge on any atom is -0.710 e. The molecule has 1 N–H and O–H groups in total. The van der Waals surface area contributed by atoms with Crippen LogP contribution in [0.25, 0.3) is 22.2 Å². The molecule has 2 unspecified atom stereocenters. The fourth-order valence-electron chi connectivity index (χ4n) is 5.68. The van der Waals surface area contributed by atoms with Crippen molar-refractivity contribution in [2.75, 3.05) is 26.7 Å². The molecule has 0 radical (unpaired) electrons. The van der Waals surface area contributed by atoms with Gasteiger partial charge in [0, 0.05) is 30.1 Å². The second-order valence-electron chi connectivity index (χ2n) is 10.0. The van der Waals surface area contributed by atoms with Gasteiger partial charge in [0.25, 0.3) is 5.65 Å². The van der Waals surface area contributed by atoms with Crippen LogP contribution in [0.15, 0.2) is 41.4 Å². The van der Waals surface area contributed by atoms with Crippen LogP contribution in [0, 0.1) is 29.9 Å². The monoisotopic (exact) mass is 467 g/mol. The van der Waals surface area contributed by atoms with Crippen molar-refractivity contribution in [3.8, 4) is 16.9 Å². The van der Waals surface area contributed by atoms with Gasteiger partial charge in [0.05, 0.1) is 28.3 Å². The lowest BCUT2D eigenvalue weighted by atomic mass is 10.00. The molecule has 1 saturated heterocycles. The Bertz CT molecular complexity index is 1330. The molecule has 2 aromatic heterocycles. The summed E-state index contributed by atoms with van der Waals surface area (Å²) in [6.07, 6.45) is 4.14. The zero-order valence-electron chi connectivity index (χ0n) is 19.0. The normalized spacial score (nSPS) is 25.2. The van der Waals surface area contributed by atoms with Gasteiger partial charge < -0.3 is 14.8 Å². The molecule has 0 spiro atoms. The summed E-state index contributed by atoms with van der Waals surface area (Å²) < 4.78 is 33.6.